The average molecular weight is 632 g/mol. The number of hydrogen-bond acceptors (Lipinski definition) is 4. The normalized spacial score (nSPS) is 45.2. The van der Waals surface area contributed by atoms with Crippen LogP contribution < -0.4 is 5.32 Å². The van der Waals surface area contributed by atoms with Gasteiger partial charge in [0.25, 0.3) is 0 Å². The van der Waals surface area contributed by atoms with Gasteiger partial charge in [-0.1, -0.05) is 91.3 Å². The van der Waals surface area contributed by atoms with E-state index in [1.165, 1.54) is 5.57 Å². The van der Waals surface area contributed by atoms with Crippen LogP contribution in [0.25, 0.3) is 0 Å². The van der Waals surface area contributed by atoms with Crippen molar-refractivity contribution in [2.75, 3.05) is 0 Å². The van der Waals surface area contributed by atoms with Crippen molar-refractivity contribution in [3.05, 3.63) is 47.5 Å². The second kappa shape index (κ2) is 10.8. The number of aliphatic hydroxyl groups excluding tert-OH is 1. The Labute approximate surface area is 276 Å². The van der Waals surface area contributed by atoms with Crippen molar-refractivity contribution >= 4 is 17.7 Å². The molecule has 5 aliphatic rings. The fourth-order valence-corrected chi connectivity index (χ4v) is 12.7. The molecule has 0 aliphatic heterocycles. The fraction of sp³-hybridized carbons (Fsp3) is 0.725. The lowest BCUT2D eigenvalue weighted by atomic mass is 9.33. The maximum absolute atomic E-state index is 14.7. The smallest absolute Gasteiger partial charge is 0.326 e. The first-order valence-electron chi connectivity index (χ1n) is 17.8. The average Bonchev–Trinajstić information content (AvgIpc) is 2.96. The summed E-state index contributed by atoms with van der Waals surface area (Å²) >= 11 is 0. The van der Waals surface area contributed by atoms with Gasteiger partial charge in [0.05, 0.1) is 6.10 Å². The highest BCUT2D eigenvalue weighted by Crippen LogP contribution is 2.75. The first-order chi connectivity index (χ1) is 21.3. The highest BCUT2D eigenvalue weighted by atomic mass is 16.4. The van der Waals surface area contributed by atoms with Crippen LogP contribution in [0.4, 0.5) is 0 Å². The Morgan fingerprint density at radius 1 is 0.935 bits per heavy atom. The van der Waals surface area contributed by atoms with Crippen LogP contribution >= 0.6 is 0 Å². The molecule has 0 saturated heterocycles. The summed E-state index contributed by atoms with van der Waals surface area (Å²) < 4.78 is 0. The molecule has 0 spiro atoms. The number of aliphatic hydroxyl groups is 1. The van der Waals surface area contributed by atoms with Gasteiger partial charge in [-0.25, -0.2) is 4.79 Å². The molecule has 6 heteroatoms. The first kappa shape index (κ1) is 33.4. The molecule has 5 aliphatic carbocycles. The van der Waals surface area contributed by atoms with Crippen molar-refractivity contribution in [1.82, 2.24) is 5.32 Å². The molecule has 46 heavy (non-hydrogen) atoms. The number of hydrogen-bond donors (Lipinski definition) is 3. The van der Waals surface area contributed by atoms with Crippen LogP contribution in [0.1, 0.15) is 112 Å². The first-order valence-corrected chi connectivity index (χ1v) is 17.8. The molecule has 1 aromatic rings. The molecule has 6 nitrogen and oxygen atoms in total. The third-order valence-corrected chi connectivity index (χ3v) is 15.1. The molecule has 0 aromatic heterocycles. The minimum atomic E-state index is -1.03. The monoisotopic (exact) mass is 631 g/mol. The fourth-order valence-electron chi connectivity index (χ4n) is 12.7. The second-order valence-corrected chi connectivity index (χ2v) is 18.3. The summed E-state index contributed by atoms with van der Waals surface area (Å²) in [7, 11) is 0. The van der Waals surface area contributed by atoms with Gasteiger partial charge in [0.15, 0.2) is 5.78 Å². The van der Waals surface area contributed by atoms with Crippen molar-refractivity contribution < 1.29 is 24.6 Å². The molecule has 3 N–H and O–H groups in total. The van der Waals surface area contributed by atoms with Gasteiger partial charge in [-0.05, 0) is 108 Å². The van der Waals surface area contributed by atoms with Crippen LogP contribution in [0, 0.1) is 56.2 Å². The number of carbonyl (C=O) groups is 3. The minimum Gasteiger partial charge on any atom is -0.480 e. The van der Waals surface area contributed by atoms with Gasteiger partial charge in [0.2, 0.25) is 5.91 Å². The molecule has 0 unspecified atom stereocenters. The van der Waals surface area contributed by atoms with E-state index < -0.39 is 17.4 Å². The predicted molar refractivity (Wildman–Crippen MR) is 180 cm³/mol. The Kier molecular flexibility index (Phi) is 7.83. The lowest BCUT2D eigenvalue weighted by molar-refractivity contribution is -0.197. The van der Waals surface area contributed by atoms with E-state index in [1.54, 1.807) is 0 Å². The molecule has 4 fully saturated rings. The zero-order valence-electron chi connectivity index (χ0n) is 29.4. The Balaban J connectivity index is 1.35. The third kappa shape index (κ3) is 4.70. The summed E-state index contributed by atoms with van der Waals surface area (Å²) in [5.74, 6) is -0.110. The number of amides is 1. The molecule has 1 amide bonds. The van der Waals surface area contributed by atoms with Crippen LogP contribution in [0.15, 0.2) is 42.0 Å². The lowest BCUT2D eigenvalue weighted by Gasteiger charge is -2.70. The van der Waals surface area contributed by atoms with Gasteiger partial charge < -0.3 is 15.5 Å². The van der Waals surface area contributed by atoms with E-state index in [1.807, 2.05) is 43.3 Å². The number of benzene rings is 1. The van der Waals surface area contributed by atoms with Gasteiger partial charge in [-0.15, -0.1) is 0 Å². The van der Waals surface area contributed by atoms with Crippen molar-refractivity contribution in [3.63, 3.8) is 0 Å². The van der Waals surface area contributed by atoms with Gasteiger partial charge in [-0.2, -0.15) is 0 Å². The highest BCUT2D eigenvalue weighted by molar-refractivity contribution is 5.95. The van der Waals surface area contributed by atoms with Crippen molar-refractivity contribution in [2.45, 2.75) is 125 Å². The molecule has 0 radical (unpaired) electrons. The molecule has 4 saturated carbocycles. The number of carbonyl (C=O) groups excluding carboxylic acids is 2. The molecular formula is C40H57NO5. The summed E-state index contributed by atoms with van der Waals surface area (Å²) in [5.41, 5.74) is 0.360. The molecule has 6 rings (SSSR count). The van der Waals surface area contributed by atoms with E-state index in [4.69, 9.17) is 0 Å². The molecular weight excluding hydrogens is 574 g/mol. The Morgan fingerprint density at radius 2 is 1.59 bits per heavy atom. The van der Waals surface area contributed by atoms with Crippen LogP contribution in [-0.4, -0.2) is 40.0 Å². The van der Waals surface area contributed by atoms with Gasteiger partial charge in [0, 0.05) is 17.8 Å². The van der Waals surface area contributed by atoms with Gasteiger partial charge >= 0.3 is 5.97 Å². The van der Waals surface area contributed by atoms with Crippen molar-refractivity contribution in [2.24, 2.45) is 56.2 Å². The van der Waals surface area contributed by atoms with Crippen LogP contribution in [0.3, 0.4) is 0 Å². The summed E-state index contributed by atoms with van der Waals surface area (Å²) in [6.07, 6.45) is 8.73. The number of aliphatic carboxylic acids is 1. The number of ketones is 1. The maximum Gasteiger partial charge on any atom is 0.326 e. The van der Waals surface area contributed by atoms with Crippen LogP contribution in [0.5, 0.6) is 0 Å². The summed E-state index contributed by atoms with van der Waals surface area (Å²) in [5, 5.41) is 24.0. The Hall–Kier alpha value is -2.47. The molecule has 11 atom stereocenters. The maximum atomic E-state index is 14.7. The molecule has 252 valence electrons. The SMILES string of the molecule is C[C@H]1C[C@@]2(C)CC[C@](C)(C(=O)N[C@H](Cc3ccccc3)C(=O)O)C[C@@]2(C)C2=CC(=O)[C@H]3[C@@](C)(CC[C@H]4C(C)(C)[C@@H](O)CC[C@]34C)[C@H]21. The topological polar surface area (TPSA) is 104 Å². The van der Waals surface area contributed by atoms with E-state index in [9.17, 15) is 24.6 Å². The van der Waals surface area contributed by atoms with Crippen molar-refractivity contribution in [3.8, 4) is 0 Å². The third-order valence-electron chi connectivity index (χ3n) is 15.1. The zero-order valence-corrected chi connectivity index (χ0v) is 29.4. The highest BCUT2D eigenvalue weighted by Gasteiger charge is 2.70. The number of carboxylic acids is 1. The van der Waals surface area contributed by atoms with E-state index in [-0.39, 0.29) is 63.1 Å². The van der Waals surface area contributed by atoms with Crippen molar-refractivity contribution in [1.29, 1.82) is 0 Å². The van der Waals surface area contributed by atoms with E-state index in [0.717, 1.165) is 44.1 Å². The molecule has 0 heterocycles. The van der Waals surface area contributed by atoms with Crippen LogP contribution in [0.2, 0.25) is 0 Å². The number of allylic oxidation sites excluding steroid dienone is 2. The predicted octanol–water partition coefficient (Wildman–Crippen LogP) is 7.39. The number of carboxylic acid groups (broad SMARTS) is 1. The number of rotatable bonds is 5. The summed E-state index contributed by atoms with van der Waals surface area (Å²) in [6.45, 7) is 18.2. The van der Waals surface area contributed by atoms with E-state index in [2.05, 4.69) is 53.8 Å². The van der Waals surface area contributed by atoms with E-state index >= 15 is 0 Å². The second-order valence-electron chi connectivity index (χ2n) is 18.3. The van der Waals surface area contributed by atoms with Gasteiger partial charge in [-0.3, -0.25) is 9.59 Å². The largest absolute Gasteiger partial charge is 0.480 e. The summed E-state index contributed by atoms with van der Waals surface area (Å²) in [6, 6.07) is 8.45. The number of fused-ring (bicyclic) bond motifs is 7. The molecule has 0 bridgehead atoms. The van der Waals surface area contributed by atoms with Crippen LogP contribution in [-0.2, 0) is 20.8 Å². The zero-order chi connectivity index (χ0) is 33.7. The summed E-state index contributed by atoms with van der Waals surface area (Å²) in [4.78, 5) is 41.1. The van der Waals surface area contributed by atoms with E-state index in [0.29, 0.717) is 24.7 Å². The minimum absolute atomic E-state index is 0.0632. The Bertz CT molecular complexity index is 1450. The lowest BCUT2D eigenvalue weighted by Crippen LogP contribution is -2.66. The number of nitrogens with one attached hydrogen (secondary N) is 1. The standard InChI is InChI=1S/C40H57NO5/c1-24-22-37(5)19-18-36(4,34(46)41-27(33(44)45)20-25-12-10-9-11-13-25)23-40(37,8)26-21-28(42)32-38(6)17-15-30(43)35(2,3)29(38)14-16-39(32,7)31(24)26/h9-13,21,24,27,29-32,43H,14-20,22-23H2,1-8H3,(H,41,46)(H,44,45)/t24-,27+,29-,30-,31-,32+,36-,37+,38-,39-,40-/m0/s1. The quantitative estimate of drug-likeness (QED) is 0.315. The van der Waals surface area contributed by atoms with Gasteiger partial charge in [0.1, 0.15) is 6.04 Å². The molecule has 1 aromatic carbocycles. The Morgan fingerprint density at radius 3 is 2.24 bits per heavy atom.